The molecule has 0 heterocycles. The van der Waals surface area contributed by atoms with Gasteiger partial charge in [-0.2, -0.15) is 10.5 Å². The lowest BCUT2D eigenvalue weighted by atomic mass is 10.2. The first kappa shape index (κ1) is 25.5. The Morgan fingerprint density at radius 2 is 1.30 bits per heavy atom. The molecule has 0 rings (SSSR count). The predicted molar refractivity (Wildman–Crippen MR) is 79.2 cm³/mol. The molecule has 0 bridgehead atoms. The molecular weight excluding hydrogens is 332 g/mol. The van der Waals surface area contributed by atoms with Gasteiger partial charge in [-0.05, 0) is 12.8 Å². The normalized spacial score (nSPS) is 10.9. The number of carboxylic acids is 2. The number of methoxy groups -OCH3 is 1. The van der Waals surface area contributed by atoms with Crippen molar-refractivity contribution in [3.63, 3.8) is 0 Å². The second kappa shape index (κ2) is 17.7. The Morgan fingerprint density at radius 1 is 1.04 bits per heavy atom. The van der Waals surface area contributed by atoms with Gasteiger partial charge in [0.2, 0.25) is 0 Å². The Bertz CT molecular complexity index is 412. The third kappa shape index (κ3) is 24.9. The molecule has 23 heavy (non-hydrogen) atoms. The van der Waals surface area contributed by atoms with Crippen LogP contribution in [0.4, 0.5) is 4.79 Å². The van der Waals surface area contributed by atoms with Gasteiger partial charge in [-0.25, -0.2) is 4.79 Å². The molecule has 2 atom stereocenters. The van der Waals surface area contributed by atoms with Gasteiger partial charge in [0.1, 0.15) is 12.1 Å². The summed E-state index contributed by atoms with van der Waals surface area (Å²) in [7, 11) is 1.22. The van der Waals surface area contributed by atoms with E-state index in [9.17, 15) is 14.4 Å². The van der Waals surface area contributed by atoms with Gasteiger partial charge in [0.25, 0.3) is 0 Å². The molecule has 0 aromatic rings. The zero-order valence-electron chi connectivity index (χ0n) is 12.4. The van der Waals surface area contributed by atoms with Crippen LogP contribution in [0.5, 0.6) is 0 Å². The maximum Gasteiger partial charge on any atom is 0.403 e. The van der Waals surface area contributed by atoms with E-state index in [2.05, 4.69) is 16.3 Å². The topological polar surface area (TPSA) is 201 Å². The molecule has 0 saturated heterocycles. The summed E-state index contributed by atoms with van der Waals surface area (Å²) in [6, 6.07) is 1.85. The minimum absolute atomic E-state index is 0.202. The monoisotopic (exact) mass is 350 g/mol. The van der Waals surface area contributed by atoms with Crippen molar-refractivity contribution in [2.24, 2.45) is 11.5 Å². The summed E-state index contributed by atoms with van der Waals surface area (Å²) in [5.74, 6) is -2.10. The van der Waals surface area contributed by atoms with Crippen LogP contribution in [-0.2, 0) is 14.3 Å². The first-order chi connectivity index (χ1) is 10.6. The van der Waals surface area contributed by atoms with Crippen molar-refractivity contribution in [2.45, 2.75) is 37.8 Å². The lowest BCUT2D eigenvalue weighted by molar-refractivity contribution is -0.139. The molecule has 0 aliphatic rings. The second-order valence-electron chi connectivity index (χ2n) is 3.72. The molecule has 0 aromatic heterocycles. The number of rotatable bonds is 6. The van der Waals surface area contributed by atoms with E-state index < -0.39 is 29.5 Å². The molecule has 0 amide bonds. The van der Waals surface area contributed by atoms with Gasteiger partial charge in [-0.1, -0.05) is 0 Å². The highest BCUT2D eigenvalue weighted by atomic mass is 35.5. The highest BCUT2D eigenvalue weighted by Crippen LogP contribution is 1.92. The van der Waals surface area contributed by atoms with Crippen molar-refractivity contribution in [3.8, 4) is 12.1 Å². The molecule has 11 heteroatoms. The SMILES string of the molecule is COC(=O)Cl.N#CCC[C@H](N)C(=O)O.N#CCC[C@H](N)C(=O)O. The molecule has 0 saturated carbocycles. The Morgan fingerprint density at radius 3 is 1.43 bits per heavy atom. The summed E-state index contributed by atoms with van der Waals surface area (Å²) in [5.41, 5.74) is 9.33. The largest absolute Gasteiger partial charge is 0.480 e. The third-order valence-corrected chi connectivity index (χ3v) is 2.08. The number of carbonyl (C=O) groups excluding carboxylic acids is 1. The molecule has 0 aliphatic heterocycles. The zero-order chi connectivity index (χ0) is 18.8. The van der Waals surface area contributed by atoms with Gasteiger partial charge < -0.3 is 26.4 Å². The summed E-state index contributed by atoms with van der Waals surface area (Å²) >= 11 is 4.60. The van der Waals surface area contributed by atoms with Gasteiger partial charge in [0, 0.05) is 24.4 Å². The number of hydrogen-bond acceptors (Lipinski definition) is 8. The number of aliphatic carboxylic acids is 2. The van der Waals surface area contributed by atoms with E-state index >= 15 is 0 Å². The Balaban J connectivity index is -0.000000273. The van der Waals surface area contributed by atoms with Crippen molar-refractivity contribution in [2.75, 3.05) is 7.11 Å². The maximum absolute atomic E-state index is 9.97. The summed E-state index contributed by atoms with van der Waals surface area (Å²) in [5, 5.41) is 32.3. The molecule has 6 N–H and O–H groups in total. The van der Waals surface area contributed by atoms with Crippen molar-refractivity contribution >= 4 is 29.0 Å². The van der Waals surface area contributed by atoms with Crippen molar-refractivity contribution in [1.82, 2.24) is 0 Å². The number of nitrogens with zero attached hydrogens (tertiary/aromatic N) is 2. The van der Waals surface area contributed by atoms with Crippen LogP contribution in [-0.4, -0.2) is 46.8 Å². The number of ether oxygens (including phenoxy) is 1. The molecule has 0 spiro atoms. The molecule has 0 fully saturated rings. The molecule has 0 radical (unpaired) electrons. The molecule has 10 nitrogen and oxygen atoms in total. The predicted octanol–water partition coefficient (Wildman–Crippen LogP) is 0.396. The van der Waals surface area contributed by atoms with Crippen LogP contribution in [0.1, 0.15) is 25.7 Å². The maximum atomic E-state index is 9.97. The smallest absolute Gasteiger partial charge is 0.403 e. The van der Waals surface area contributed by atoms with Gasteiger partial charge >= 0.3 is 17.4 Å². The van der Waals surface area contributed by atoms with Crippen molar-refractivity contribution in [1.29, 1.82) is 10.5 Å². The Labute approximate surface area is 138 Å². The number of carboxylic acid groups (broad SMARTS) is 2. The van der Waals surface area contributed by atoms with Crippen molar-refractivity contribution < 1.29 is 29.3 Å². The Kier molecular flexibility index (Phi) is 19.6. The van der Waals surface area contributed by atoms with Crippen LogP contribution >= 0.6 is 11.6 Å². The van der Waals surface area contributed by atoms with Crippen LogP contribution in [0.15, 0.2) is 0 Å². The van der Waals surface area contributed by atoms with Crippen LogP contribution in [0.2, 0.25) is 0 Å². The fraction of sp³-hybridized carbons (Fsp3) is 0.583. The molecule has 0 aromatic carbocycles. The molecule has 130 valence electrons. The van der Waals surface area contributed by atoms with Gasteiger partial charge in [0.05, 0.1) is 19.2 Å². The number of nitriles is 2. The lowest BCUT2D eigenvalue weighted by Gasteiger charge is -1.99. The fourth-order valence-corrected chi connectivity index (χ4v) is 0.687. The van der Waals surface area contributed by atoms with E-state index in [0.29, 0.717) is 0 Å². The Hall–Kier alpha value is -2.40. The van der Waals surface area contributed by atoms with E-state index in [1.807, 2.05) is 12.1 Å². The first-order valence-corrected chi connectivity index (χ1v) is 6.45. The standard InChI is InChI=1S/2C5H8N2O2.C2H3ClO2/c2*6-3-1-2-4(7)5(8)9;1-5-2(3)4/h2*4H,1-2,7H2,(H,8,9);1H3/t2*4-;/m00./s1. The van der Waals surface area contributed by atoms with Gasteiger partial charge in [-0.15, -0.1) is 0 Å². The highest BCUT2D eigenvalue weighted by molar-refractivity contribution is 6.61. The third-order valence-electron chi connectivity index (χ3n) is 1.93. The van der Waals surface area contributed by atoms with E-state index in [-0.39, 0.29) is 25.7 Å². The number of carbonyl (C=O) groups is 3. The van der Waals surface area contributed by atoms with Crippen LogP contribution in [0.3, 0.4) is 0 Å². The highest BCUT2D eigenvalue weighted by Gasteiger charge is 2.09. The van der Waals surface area contributed by atoms with E-state index in [1.165, 1.54) is 7.11 Å². The molecule has 0 aliphatic carbocycles. The molecular formula is C12H19ClN4O6. The molecule has 0 unspecified atom stereocenters. The minimum atomic E-state index is -1.05. The number of hydrogen-bond donors (Lipinski definition) is 4. The zero-order valence-corrected chi connectivity index (χ0v) is 13.2. The summed E-state index contributed by atoms with van der Waals surface area (Å²) < 4.78 is 3.88. The second-order valence-corrected chi connectivity index (χ2v) is 4.03. The van der Waals surface area contributed by atoms with Crippen molar-refractivity contribution in [3.05, 3.63) is 0 Å². The fourth-order valence-electron chi connectivity index (χ4n) is 0.687. The quantitative estimate of drug-likeness (QED) is 0.485. The lowest BCUT2D eigenvalue weighted by Crippen LogP contribution is -2.29. The van der Waals surface area contributed by atoms with Crippen LogP contribution in [0, 0.1) is 22.7 Å². The summed E-state index contributed by atoms with van der Waals surface area (Å²) in [6.45, 7) is 0. The van der Waals surface area contributed by atoms with Crippen LogP contribution in [0.25, 0.3) is 0 Å². The van der Waals surface area contributed by atoms with Gasteiger partial charge in [0.15, 0.2) is 0 Å². The average molecular weight is 351 g/mol. The number of halogens is 1. The summed E-state index contributed by atoms with van der Waals surface area (Å²) in [4.78, 5) is 29.3. The first-order valence-electron chi connectivity index (χ1n) is 6.08. The summed E-state index contributed by atoms with van der Waals surface area (Å²) in [6.07, 6.45) is 0.860. The van der Waals surface area contributed by atoms with E-state index in [4.69, 9.17) is 32.2 Å². The van der Waals surface area contributed by atoms with E-state index in [1.54, 1.807) is 0 Å². The average Bonchev–Trinajstić information content (AvgIpc) is 2.50. The van der Waals surface area contributed by atoms with Gasteiger partial charge in [-0.3, -0.25) is 9.59 Å². The number of nitrogens with two attached hydrogens (primary N) is 2. The van der Waals surface area contributed by atoms with E-state index in [0.717, 1.165) is 0 Å². The van der Waals surface area contributed by atoms with Crippen LogP contribution < -0.4 is 11.5 Å². The minimum Gasteiger partial charge on any atom is -0.480 e.